The third-order valence-corrected chi connectivity index (χ3v) is 2.03. The third-order valence-electron chi connectivity index (χ3n) is 2.03. The molecule has 2 atom stereocenters. The molecule has 0 fully saturated rings. The SMILES string of the molecule is CC(C)(C)OCC(N)C(=O)O.CC(C)(C)OC[C@@H](N)C(=O)O. The second-order valence-electron chi connectivity index (χ2n) is 6.74. The van der Waals surface area contributed by atoms with E-state index < -0.39 is 24.0 Å². The van der Waals surface area contributed by atoms with Gasteiger partial charge in [-0.2, -0.15) is 0 Å². The molecule has 0 aliphatic heterocycles. The number of rotatable bonds is 6. The number of nitrogens with two attached hydrogens (primary N) is 2. The first kappa shape index (κ1) is 23.1. The zero-order valence-electron chi connectivity index (χ0n) is 14.3. The van der Waals surface area contributed by atoms with Crippen LogP contribution in [0.3, 0.4) is 0 Å². The fourth-order valence-electron chi connectivity index (χ4n) is 0.822. The summed E-state index contributed by atoms with van der Waals surface area (Å²) in [5.41, 5.74) is 9.75. The van der Waals surface area contributed by atoms with Gasteiger partial charge in [-0.15, -0.1) is 0 Å². The maximum Gasteiger partial charge on any atom is 0.322 e. The molecule has 0 aromatic heterocycles. The summed E-state index contributed by atoms with van der Waals surface area (Å²) in [5, 5.41) is 16.7. The predicted molar refractivity (Wildman–Crippen MR) is 82.6 cm³/mol. The molecule has 0 bridgehead atoms. The highest BCUT2D eigenvalue weighted by atomic mass is 16.5. The van der Waals surface area contributed by atoms with Crippen LogP contribution >= 0.6 is 0 Å². The number of carbonyl (C=O) groups is 2. The third kappa shape index (κ3) is 16.8. The Bertz CT molecular complexity index is 312. The molecule has 0 amide bonds. The van der Waals surface area contributed by atoms with Gasteiger partial charge >= 0.3 is 11.9 Å². The summed E-state index contributed by atoms with van der Waals surface area (Å²) >= 11 is 0. The van der Waals surface area contributed by atoms with Gasteiger partial charge in [0.2, 0.25) is 0 Å². The van der Waals surface area contributed by atoms with E-state index in [1.54, 1.807) is 0 Å². The molecule has 0 radical (unpaired) electrons. The summed E-state index contributed by atoms with van der Waals surface area (Å²) in [6.45, 7) is 11.2. The first-order chi connectivity index (χ1) is 9.65. The Balaban J connectivity index is 0. The summed E-state index contributed by atoms with van der Waals surface area (Å²) in [6, 6.07) is -1.84. The minimum Gasteiger partial charge on any atom is -0.480 e. The van der Waals surface area contributed by atoms with Crippen molar-refractivity contribution in [1.29, 1.82) is 0 Å². The van der Waals surface area contributed by atoms with Crippen LogP contribution in [-0.4, -0.2) is 58.7 Å². The highest BCUT2D eigenvalue weighted by Gasteiger charge is 2.17. The lowest BCUT2D eigenvalue weighted by atomic mass is 10.2. The minimum atomic E-state index is -1.03. The standard InChI is InChI=1S/2C7H15NO3/c2*1-7(2,3)11-4-5(8)6(9)10/h2*5H,4,8H2,1-3H3,(H,9,10)/t5-;/m1./s1. The molecular weight excluding hydrogens is 292 g/mol. The number of aliphatic carboxylic acids is 2. The smallest absolute Gasteiger partial charge is 0.322 e. The van der Waals surface area contributed by atoms with Gasteiger partial charge in [0.15, 0.2) is 0 Å². The van der Waals surface area contributed by atoms with E-state index in [-0.39, 0.29) is 24.4 Å². The van der Waals surface area contributed by atoms with Gasteiger partial charge in [-0.1, -0.05) is 0 Å². The fraction of sp³-hybridized carbons (Fsp3) is 0.857. The van der Waals surface area contributed by atoms with Gasteiger partial charge in [0.1, 0.15) is 12.1 Å². The molecule has 0 aromatic rings. The average Bonchev–Trinajstić information content (AvgIpc) is 2.31. The topological polar surface area (TPSA) is 145 Å². The maximum absolute atomic E-state index is 10.2. The van der Waals surface area contributed by atoms with Crippen molar-refractivity contribution in [3.05, 3.63) is 0 Å². The van der Waals surface area contributed by atoms with E-state index in [1.807, 2.05) is 41.5 Å². The van der Waals surface area contributed by atoms with E-state index in [4.69, 9.17) is 31.2 Å². The molecule has 8 heteroatoms. The fourth-order valence-corrected chi connectivity index (χ4v) is 0.822. The van der Waals surface area contributed by atoms with Crippen molar-refractivity contribution in [2.75, 3.05) is 13.2 Å². The summed E-state index contributed by atoms with van der Waals surface area (Å²) in [7, 11) is 0. The van der Waals surface area contributed by atoms with Gasteiger partial charge < -0.3 is 31.2 Å². The predicted octanol–water partition coefficient (Wildman–Crippen LogP) is 0.427. The molecule has 6 N–H and O–H groups in total. The summed E-state index contributed by atoms with van der Waals surface area (Å²) < 4.78 is 10.3. The zero-order valence-corrected chi connectivity index (χ0v) is 14.3. The zero-order chi connectivity index (χ0) is 18.1. The quantitative estimate of drug-likeness (QED) is 0.550. The minimum absolute atomic E-state index is 0.0544. The lowest BCUT2D eigenvalue weighted by Gasteiger charge is -2.20. The van der Waals surface area contributed by atoms with Gasteiger partial charge in [-0.3, -0.25) is 9.59 Å². The van der Waals surface area contributed by atoms with E-state index >= 15 is 0 Å². The van der Waals surface area contributed by atoms with Gasteiger partial charge in [0, 0.05) is 0 Å². The molecule has 0 saturated carbocycles. The monoisotopic (exact) mass is 322 g/mol. The molecule has 0 rings (SSSR count). The van der Waals surface area contributed by atoms with Crippen LogP contribution in [0, 0.1) is 0 Å². The van der Waals surface area contributed by atoms with Crippen LogP contribution < -0.4 is 11.5 Å². The van der Waals surface area contributed by atoms with Gasteiger partial charge in [-0.25, -0.2) is 0 Å². The van der Waals surface area contributed by atoms with Crippen molar-refractivity contribution in [1.82, 2.24) is 0 Å². The molecule has 0 saturated heterocycles. The van der Waals surface area contributed by atoms with Crippen molar-refractivity contribution in [3.8, 4) is 0 Å². The normalized spacial score (nSPS) is 14.5. The van der Waals surface area contributed by atoms with Gasteiger partial charge in [0.25, 0.3) is 0 Å². The van der Waals surface area contributed by atoms with Crippen molar-refractivity contribution in [2.45, 2.75) is 64.8 Å². The van der Waals surface area contributed by atoms with Crippen molar-refractivity contribution >= 4 is 11.9 Å². The van der Waals surface area contributed by atoms with Crippen LogP contribution in [0.4, 0.5) is 0 Å². The lowest BCUT2D eigenvalue weighted by molar-refractivity contribution is -0.142. The van der Waals surface area contributed by atoms with Gasteiger partial charge in [-0.05, 0) is 41.5 Å². The number of hydrogen-bond donors (Lipinski definition) is 4. The molecule has 0 heterocycles. The summed E-state index contributed by atoms with van der Waals surface area (Å²) in [6.07, 6.45) is 0. The van der Waals surface area contributed by atoms with Crippen LogP contribution in [0.1, 0.15) is 41.5 Å². The Morgan fingerprint density at radius 2 is 1.05 bits per heavy atom. The molecule has 22 heavy (non-hydrogen) atoms. The van der Waals surface area contributed by atoms with E-state index in [0.29, 0.717) is 0 Å². The number of carboxylic acid groups (broad SMARTS) is 2. The summed E-state index contributed by atoms with van der Waals surface area (Å²) in [5.74, 6) is -2.07. The number of carboxylic acids is 2. The number of ether oxygens (including phenoxy) is 2. The van der Waals surface area contributed by atoms with Gasteiger partial charge in [0.05, 0.1) is 24.4 Å². The Morgan fingerprint density at radius 3 is 1.18 bits per heavy atom. The maximum atomic E-state index is 10.2. The van der Waals surface area contributed by atoms with Crippen molar-refractivity contribution in [2.24, 2.45) is 11.5 Å². The molecular formula is C14H30N2O6. The highest BCUT2D eigenvalue weighted by molar-refractivity contribution is 5.73. The van der Waals surface area contributed by atoms with Crippen LogP contribution in [0.2, 0.25) is 0 Å². The van der Waals surface area contributed by atoms with E-state index in [0.717, 1.165) is 0 Å². The second-order valence-corrected chi connectivity index (χ2v) is 6.74. The Labute approximate surface area is 131 Å². The first-order valence-corrected chi connectivity index (χ1v) is 6.90. The van der Waals surface area contributed by atoms with E-state index in [1.165, 1.54) is 0 Å². The lowest BCUT2D eigenvalue weighted by Crippen LogP contribution is -2.37. The van der Waals surface area contributed by atoms with E-state index in [9.17, 15) is 9.59 Å². The Morgan fingerprint density at radius 1 is 0.818 bits per heavy atom. The van der Waals surface area contributed by atoms with Crippen molar-refractivity contribution in [3.63, 3.8) is 0 Å². The molecule has 0 aliphatic rings. The molecule has 132 valence electrons. The Kier molecular flexibility index (Phi) is 10.2. The van der Waals surface area contributed by atoms with Crippen LogP contribution in [-0.2, 0) is 19.1 Å². The highest BCUT2D eigenvalue weighted by Crippen LogP contribution is 2.06. The largest absolute Gasteiger partial charge is 0.480 e. The van der Waals surface area contributed by atoms with Crippen molar-refractivity contribution < 1.29 is 29.3 Å². The molecule has 0 aliphatic carbocycles. The van der Waals surface area contributed by atoms with Crippen LogP contribution in [0.5, 0.6) is 0 Å². The average molecular weight is 322 g/mol. The second kappa shape index (κ2) is 9.73. The molecule has 1 unspecified atom stereocenters. The molecule has 8 nitrogen and oxygen atoms in total. The van der Waals surface area contributed by atoms with Crippen LogP contribution in [0.15, 0.2) is 0 Å². The summed E-state index contributed by atoms with van der Waals surface area (Å²) in [4.78, 5) is 20.4. The van der Waals surface area contributed by atoms with Crippen LogP contribution in [0.25, 0.3) is 0 Å². The Hall–Kier alpha value is -1.22. The van der Waals surface area contributed by atoms with E-state index in [2.05, 4.69) is 0 Å². The molecule has 0 aromatic carbocycles. The number of hydrogen-bond acceptors (Lipinski definition) is 6. The molecule has 0 spiro atoms. The first-order valence-electron chi connectivity index (χ1n) is 6.90.